The summed E-state index contributed by atoms with van der Waals surface area (Å²) >= 11 is 0. The van der Waals surface area contributed by atoms with Gasteiger partial charge in [0.05, 0.1) is 17.6 Å². The number of imide groups is 1. The van der Waals surface area contributed by atoms with Crippen LogP contribution in [0.5, 0.6) is 0 Å². The number of carbonyl (C=O) groups is 4. The lowest BCUT2D eigenvalue weighted by molar-refractivity contribution is -0.0584. The normalized spacial score (nSPS) is 12.6. The Balaban J connectivity index is 1.94. The summed E-state index contributed by atoms with van der Waals surface area (Å²) in [5, 5.41) is 3.39. The summed E-state index contributed by atoms with van der Waals surface area (Å²) in [4.78, 5) is 64.0. The Bertz CT molecular complexity index is 2140. The van der Waals surface area contributed by atoms with E-state index in [2.05, 4.69) is 5.32 Å². The zero-order chi connectivity index (χ0) is 44.3. The predicted molar refractivity (Wildman–Crippen MR) is 226 cm³/mol. The molecule has 4 aromatic rings. The van der Waals surface area contributed by atoms with Gasteiger partial charge >= 0.3 is 24.4 Å². The molecule has 322 valence electrons. The number of fused-ring (bicyclic) bond motifs is 3. The van der Waals surface area contributed by atoms with Crippen LogP contribution in [0.2, 0.25) is 0 Å². The van der Waals surface area contributed by atoms with Gasteiger partial charge in [-0.3, -0.25) is 5.32 Å². The SMILES string of the molecule is CCOCc1nc2c(N(C(=O)OC(C)(C)C)C(=O)OC(C)(C)C)nc3cc(Cc4ccc(NC(=O)OC(C)(C)C)cc4)ccc3c2n1CC(C)(C)OC(=O)OC(C)(C)C. The molecule has 15 nitrogen and oxygen atoms in total. The van der Waals surface area contributed by atoms with E-state index in [1.54, 1.807) is 109 Å². The van der Waals surface area contributed by atoms with Crippen molar-refractivity contribution in [3.8, 4) is 0 Å². The maximum Gasteiger partial charge on any atom is 0.509 e. The highest BCUT2D eigenvalue weighted by Crippen LogP contribution is 2.36. The van der Waals surface area contributed by atoms with Crippen molar-refractivity contribution < 1.29 is 47.6 Å². The van der Waals surface area contributed by atoms with Crippen LogP contribution in [0.15, 0.2) is 42.5 Å². The molecule has 59 heavy (non-hydrogen) atoms. The largest absolute Gasteiger partial charge is 0.509 e. The van der Waals surface area contributed by atoms with E-state index < -0.39 is 52.4 Å². The molecule has 0 atom stereocenters. The van der Waals surface area contributed by atoms with Gasteiger partial charge in [-0.25, -0.2) is 29.1 Å². The maximum atomic E-state index is 14.1. The molecule has 1 N–H and O–H groups in total. The second-order valence-corrected chi connectivity index (χ2v) is 18.9. The van der Waals surface area contributed by atoms with Crippen LogP contribution in [0, 0.1) is 0 Å². The molecule has 4 rings (SSSR count). The van der Waals surface area contributed by atoms with Crippen LogP contribution in [-0.4, -0.2) is 73.6 Å². The number of benzene rings is 2. The number of hydrogen-bond acceptors (Lipinski definition) is 12. The number of amides is 3. The van der Waals surface area contributed by atoms with Crippen molar-refractivity contribution in [2.75, 3.05) is 16.8 Å². The van der Waals surface area contributed by atoms with Crippen molar-refractivity contribution >= 4 is 57.9 Å². The topological polar surface area (TPSA) is 170 Å². The Hall–Kier alpha value is -5.44. The zero-order valence-corrected chi connectivity index (χ0v) is 37.2. The van der Waals surface area contributed by atoms with Crippen molar-refractivity contribution in [1.82, 2.24) is 14.5 Å². The molecule has 0 saturated heterocycles. The van der Waals surface area contributed by atoms with Crippen LogP contribution in [-0.2, 0) is 48.0 Å². The average Bonchev–Trinajstić information content (AvgIpc) is 3.38. The van der Waals surface area contributed by atoms with Gasteiger partial charge in [0.15, 0.2) is 5.82 Å². The molecular weight excluding hydrogens is 759 g/mol. The van der Waals surface area contributed by atoms with Gasteiger partial charge in [0.1, 0.15) is 46.0 Å². The minimum Gasteiger partial charge on any atom is -0.444 e. The number of ether oxygens (including phenoxy) is 6. The van der Waals surface area contributed by atoms with E-state index in [1.807, 2.05) is 41.8 Å². The Morgan fingerprint density at radius 1 is 0.678 bits per heavy atom. The van der Waals surface area contributed by atoms with Gasteiger partial charge in [-0.2, -0.15) is 4.90 Å². The Morgan fingerprint density at radius 3 is 1.75 bits per heavy atom. The van der Waals surface area contributed by atoms with Crippen LogP contribution in [0.1, 0.15) is 121 Å². The fraction of sp³-hybridized carbons (Fsp3) is 0.545. The lowest BCUT2D eigenvalue weighted by Gasteiger charge is -2.29. The van der Waals surface area contributed by atoms with Gasteiger partial charge in [-0.1, -0.05) is 24.3 Å². The fourth-order valence-corrected chi connectivity index (χ4v) is 5.84. The molecule has 2 aromatic carbocycles. The summed E-state index contributed by atoms with van der Waals surface area (Å²) in [5.41, 5.74) is -1.03. The van der Waals surface area contributed by atoms with Crippen molar-refractivity contribution in [2.45, 2.75) is 151 Å². The quantitative estimate of drug-likeness (QED) is 0.119. The number of nitrogens with zero attached hydrogens (tertiary/aromatic N) is 4. The van der Waals surface area contributed by atoms with Crippen molar-refractivity contribution in [3.05, 3.63) is 59.4 Å². The summed E-state index contributed by atoms with van der Waals surface area (Å²) in [6.45, 7) is 26.6. The molecule has 2 heterocycles. The molecule has 0 unspecified atom stereocenters. The van der Waals surface area contributed by atoms with Gasteiger partial charge in [0.2, 0.25) is 0 Å². The first-order valence-electron chi connectivity index (χ1n) is 19.7. The number of carbonyl (C=O) groups excluding carboxylic acids is 4. The molecule has 15 heteroatoms. The van der Waals surface area contributed by atoms with Gasteiger partial charge in [-0.05, 0) is 140 Å². The van der Waals surface area contributed by atoms with E-state index in [9.17, 15) is 19.2 Å². The molecule has 0 spiro atoms. The first-order chi connectivity index (χ1) is 27.0. The lowest BCUT2D eigenvalue weighted by atomic mass is 10.0. The Kier molecular flexibility index (Phi) is 13.7. The highest BCUT2D eigenvalue weighted by atomic mass is 16.7. The van der Waals surface area contributed by atoms with Crippen LogP contribution in [0.25, 0.3) is 21.9 Å². The van der Waals surface area contributed by atoms with E-state index in [0.717, 1.165) is 16.0 Å². The summed E-state index contributed by atoms with van der Waals surface area (Å²) in [5.74, 6) is 0.309. The van der Waals surface area contributed by atoms with Crippen molar-refractivity contribution in [2.24, 2.45) is 0 Å². The maximum absolute atomic E-state index is 14.1. The summed E-state index contributed by atoms with van der Waals surface area (Å²) < 4.78 is 35.9. The summed E-state index contributed by atoms with van der Waals surface area (Å²) in [6.07, 6.45) is -2.94. The second-order valence-electron chi connectivity index (χ2n) is 18.9. The summed E-state index contributed by atoms with van der Waals surface area (Å²) in [6, 6.07) is 13.1. The zero-order valence-electron chi connectivity index (χ0n) is 37.2. The van der Waals surface area contributed by atoms with Crippen LogP contribution >= 0.6 is 0 Å². The first-order valence-corrected chi connectivity index (χ1v) is 19.7. The lowest BCUT2D eigenvalue weighted by Crippen LogP contribution is -2.44. The predicted octanol–water partition coefficient (Wildman–Crippen LogP) is 10.5. The molecule has 0 bridgehead atoms. The minimum atomic E-state index is -1.15. The Labute approximate surface area is 347 Å². The number of rotatable bonds is 10. The molecule has 0 aliphatic heterocycles. The highest BCUT2D eigenvalue weighted by molar-refractivity contribution is 6.17. The standard InChI is InChI=1S/C44H61N5O10/c1-16-54-25-32-47-33-34(48(32)26-44(14,15)59-39(53)58-43(11,12)13)30-22-19-28(23-27-17-20-29(21-18-27)45-36(50)55-40(2,3)4)24-31(30)46-35(33)49(37(51)56-41(5,6)7)38(52)57-42(8,9)10/h17-22,24H,16,23,25-26H2,1-15H3,(H,45,50). The second kappa shape index (κ2) is 17.4. The smallest absolute Gasteiger partial charge is 0.444 e. The van der Waals surface area contributed by atoms with Crippen molar-refractivity contribution in [3.63, 3.8) is 0 Å². The number of aromatic nitrogens is 3. The van der Waals surface area contributed by atoms with Gasteiger partial charge in [0, 0.05) is 17.7 Å². The van der Waals surface area contributed by atoms with Crippen LogP contribution in [0.3, 0.4) is 0 Å². The molecule has 0 saturated carbocycles. The molecule has 2 aromatic heterocycles. The number of hydrogen-bond donors (Lipinski definition) is 1. The molecular formula is C44H61N5O10. The highest BCUT2D eigenvalue weighted by Gasteiger charge is 2.38. The van der Waals surface area contributed by atoms with Crippen LogP contribution in [0.4, 0.5) is 30.7 Å². The molecule has 3 amide bonds. The Morgan fingerprint density at radius 2 is 1.22 bits per heavy atom. The van der Waals surface area contributed by atoms with Gasteiger partial charge in [0.25, 0.3) is 0 Å². The third-order valence-corrected chi connectivity index (χ3v) is 7.90. The number of anilines is 2. The van der Waals surface area contributed by atoms with E-state index in [0.29, 0.717) is 41.0 Å². The third kappa shape index (κ3) is 13.6. The number of imidazole rings is 1. The molecule has 0 radical (unpaired) electrons. The number of pyridine rings is 1. The van der Waals surface area contributed by atoms with Gasteiger partial charge < -0.3 is 33.0 Å². The monoisotopic (exact) mass is 819 g/mol. The van der Waals surface area contributed by atoms with E-state index in [-0.39, 0.29) is 24.5 Å². The van der Waals surface area contributed by atoms with E-state index in [1.165, 1.54) is 0 Å². The van der Waals surface area contributed by atoms with E-state index in [4.69, 9.17) is 38.4 Å². The van der Waals surface area contributed by atoms with Gasteiger partial charge in [-0.15, -0.1) is 0 Å². The summed E-state index contributed by atoms with van der Waals surface area (Å²) in [7, 11) is 0. The number of nitrogens with one attached hydrogen (secondary N) is 1. The average molecular weight is 820 g/mol. The van der Waals surface area contributed by atoms with E-state index >= 15 is 0 Å². The fourth-order valence-electron chi connectivity index (χ4n) is 5.84. The molecule has 0 aliphatic rings. The van der Waals surface area contributed by atoms with Crippen LogP contribution < -0.4 is 10.2 Å². The minimum absolute atomic E-state index is 0.0460. The third-order valence-electron chi connectivity index (χ3n) is 7.90. The van der Waals surface area contributed by atoms with Crippen molar-refractivity contribution in [1.29, 1.82) is 0 Å². The first kappa shape index (κ1) is 46.3. The molecule has 0 fully saturated rings. The molecule has 0 aliphatic carbocycles.